The van der Waals surface area contributed by atoms with Crippen molar-refractivity contribution in [1.29, 1.82) is 0 Å². The van der Waals surface area contributed by atoms with Crippen molar-refractivity contribution in [2.24, 2.45) is 5.92 Å². The summed E-state index contributed by atoms with van der Waals surface area (Å²) in [6.45, 7) is 5.54. The predicted octanol–water partition coefficient (Wildman–Crippen LogP) is 1.24. The molecule has 1 atom stereocenters. The summed E-state index contributed by atoms with van der Waals surface area (Å²) in [5.41, 5.74) is -0.328. The zero-order valence-electron chi connectivity index (χ0n) is 7.92. The number of nitrogens with zero attached hydrogens (tertiary/aromatic N) is 1. The molecule has 3 heterocycles. The van der Waals surface area contributed by atoms with Crippen molar-refractivity contribution in [1.82, 2.24) is 4.90 Å². The minimum Gasteiger partial charge on any atom is -0.388 e. The van der Waals surface area contributed by atoms with E-state index in [1.165, 1.54) is 25.9 Å². The highest BCUT2D eigenvalue weighted by atomic mass is 16.3. The van der Waals surface area contributed by atoms with Crippen LogP contribution in [-0.4, -0.2) is 35.2 Å². The molecule has 0 aromatic carbocycles. The second-order valence-electron chi connectivity index (χ2n) is 4.40. The van der Waals surface area contributed by atoms with Crippen molar-refractivity contribution in [3.63, 3.8) is 0 Å². The SMILES string of the molecule is CCC[C@@]1(O)CN2CCC1CC2. The third kappa shape index (κ3) is 1.27. The van der Waals surface area contributed by atoms with Gasteiger partial charge in [-0.2, -0.15) is 0 Å². The van der Waals surface area contributed by atoms with Crippen molar-refractivity contribution >= 4 is 0 Å². The third-order valence-electron chi connectivity index (χ3n) is 3.53. The van der Waals surface area contributed by atoms with Crippen molar-refractivity contribution in [2.75, 3.05) is 19.6 Å². The van der Waals surface area contributed by atoms with Crippen LogP contribution >= 0.6 is 0 Å². The van der Waals surface area contributed by atoms with Gasteiger partial charge in [-0.05, 0) is 38.3 Å². The van der Waals surface area contributed by atoms with Crippen LogP contribution in [0.15, 0.2) is 0 Å². The molecule has 2 heteroatoms. The van der Waals surface area contributed by atoms with Gasteiger partial charge in [-0.15, -0.1) is 0 Å². The molecule has 0 spiro atoms. The Morgan fingerprint density at radius 2 is 2.08 bits per heavy atom. The van der Waals surface area contributed by atoms with Crippen LogP contribution in [0.4, 0.5) is 0 Å². The van der Waals surface area contributed by atoms with Crippen LogP contribution in [0.1, 0.15) is 32.6 Å². The molecule has 3 saturated heterocycles. The molecule has 0 aromatic rings. The molecule has 0 saturated carbocycles. The van der Waals surface area contributed by atoms with E-state index in [1.807, 2.05) is 0 Å². The zero-order chi connectivity index (χ0) is 8.60. The van der Waals surface area contributed by atoms with Gasteiger partial charge in [0.2, 0.25) is 0 Å². The maximum atomic E-state index is 10.3. The van der Waals surface area contributed by atoms with Gasteiger partial charge in [0, 0.05) is 6.54 Å². The predicted molar refractivity (Wildman–Crippen MR) is 49.0 cm³/mol. The van der Waals surface area contributed by atoms with E-state index in [1.54, 1.807) is 0 Å². The Balaban J connectivity index is 2.06. The van der Waals surface area contributed by atoms with Gasteiger partial charge in [-0.3, -0.25) is 0 Å². The minimum absolute atomic E-state index is 0.328. The van der Waals surface area contributed by atoms with Crippen LogP contribution in [0.2, 0.25) is 0 Å². The molecule has 0 amide bonds. The summed E-state index contributed by atoms with van der Waals surface area (Å²) >= 11 is 0. The smallest absolute Gasteiger partial charge is 0.0802 e. The molecule has 3 rings (SSSR count). The van der Waals surface area contributed by atoms with Gasteiger partial charge >= 0.3 is 0 Å². The van der Waals surface area contributed by atoms with Gasteiger partial charge < -0.3 is 10.0 Å². The van der Waals surface area contributed by atoms with Crippen LogP contribution in [0, 0.1) is 5.92 Å². The summed E-state index contributed by atoms with van der Waals surface area (Å²) < 4.78 is 0. The Bertz CT molecular complexity index is 163. The van der Waals surface area contributed by atoms with E-state index in [0.717, 1.165) is 19.4 Å². The van der Waals surface area contributed by atoms with E-state index >= 15 is 0 Å². The quantitative estimate of drug-likeness (QED) is 0.672. The molecule has 0 radical (unpaired) electrons. The number of rotatable bonds is 2. The fourth-order valence-corrected chi connectivity index (χ4v) is 2.86. The molecule has 3 fully saturated rings. The molecule has 3 aliphatic heterocycles. The number of aliphatic hydroxyl groups is 1. The van der Waals surface area contributed by atoms with Crippen LogP contribution in [-0.2, 0) is 0 Å². The maximum absolute atomic E-state index is 10.3. The lowest BCUT2D eigenvalue weighted by Gasteiger charge is -2.50. The van der Waals surface area contributed by atoms with E-state index in [4.69, 9.17) is 0 Å². The molecular weight excluding hydrogens is 150 g/mol. The Labute approximate surface area is 74.6 Å². The van der Waals surface area contributed by atoms with Gasteiger partial charge in [0.1, 0.15) is 0 Å². The molecule has 0 aliphatic carbocycles. The fraction of sp³-hybridized carbons (Fsp3) is 1.00. The molecule has 3 aliphatic rings. The average Bonchev–Trinajstić information content (AvgIpc) is 2.05. The van der Waals surface area contributed by atoms with Crippen molar-refractivity contribution in [3.05, 3.63) is 0 Å². The van der Waals surface area contributed by atoms with Gasteiger partial charge in [-0.25, -0.2) is 0 Å². The first-order valence-electron chi connectivity index (χ1n) is 5.19. The second kappa shape index (κ2) is 3.00. The van der Waals surface area contributed by atoms with Crippen molar-refractivity contribution in [2.45, 2.75) is 38.2 Å². The average molecular weight is 169 g/mol. The number of hydrogen-bond acceptors (Lipinski definition) is 2. The maximum Gasteiger partial charge on any atom is 0.0802 e. The first-order valence-corrected chi connectivity index (χ1v) is 5.19. The van der Waals surface area contributed by atoms with Crippen molar-refractivity contribution in [3.8, 4) is 0 Å². The second-order valence-corrected chi connectivity index (χ2v) is 4.40. The first kappa shape index (κ1) is 8.52. The van der Waals surface area contributed by atoms with Gasteiger partial charge in [0.05, 0.1) is 5.60 Å². The fourth-order valence-electron chi connectivity index (χ4n) is 2.86. The highest BCUT2D eigenvalue weighted by Crippen LogP contribution is 2.38. The van der Waals surface area contributed by atoms with E-state index in [9.17, 15) is 5.11 Å². The highest BCUT2D eigenvalue weighted by molar-refractivity contribution is 4.97. The number of fused-ring (bicyclic) bond motifs is 3. The molecule has 70 valence electrons. The third-order valence-corrected chi connectivity index (χ3v) is 3.53. The molecule has 2 nitrogen and oxygen atoms in total. The summed E-state index contributed by atoms with van der Waals surface area (Å²) in [4.78, 5) is 2.41. The molecule has 2 bridgehead atoms. The lowest BCUT2D eigenvalue weighted by molar-refractivity contribution is -0.116. The highest BCUT2D eigenvalue weighted by Gasteiger charge is 2.44. The van der Waals surface area contributed by atoms with Crippen LogP contribution in [0.5, 0.6) is 0 Å². The monoisotopic (exact) mass is 169 g/mol. The number of piperidine rings is 3. The van der Waals surface area contributed by atoms with E-state index in [-0.39, 0.29) is 5.60 Å². The zero-order valence-corrected chi connectivity index (χ0v) is 7.92. The first-order chi connectivity index (χ1) is 5.74. The summed E-state index contributed by atoms with van der Waals surface area (Å²) in [5.74, 6) is 0.599. The largest absolute Gasteiger partial charge is 0.388 e. The lowest BCUT2D eigenvalue weighted by Crippen LogP contribution is -2.58. The lowest BCUT2D eigenvalue weighted by atomic mass is 9.73. The summed E-state index contributed by atoms with van der Waals surface area (Å²) in [6.07, 6.45) is 4.54. The molecule has 0 aromatic heterocycles. The van der Waals surface area contributed by atoms with Crippen molar-refractivity contribution < 1.29 is 5.11 Å². The van der Waals surface area contributed by atoms with E-state index < -0.39 is 0 Å². The van der Waals surface area contributed by atoms with Gasteiger partial charge in [0.15, 0.2) is 0 Å². The van der Waals surface area contributed by atoms with Crippen LogP contribution in [0.25, 0.3) is 0 Å². The minimum atomic E-state index is -0.328. The standard InChI is InChI=1S/C10H19NO/c1-2-5-10(12)8-11-6-3-9(10)4-7-11/h9,12H,2-8H2,1H3/t10-/m1/s1. The summed E-state index contributed by atoms with van der Waals surface area (Å²) in [5, 5.41) is 10.3. The Morgan fingerprint density at radius 1 is 1.42 bits per heavy atom. The molecule has 12 heavy (non-hydrogen) atoms. The summed E-state index contributed by atoms with van der Waals surface area (Å²) in [6, 6.07) is 0. The van der Waals surface area contributed by atoms with Gasteiger partial charge in [-0.1, -0.05) is 13.3 Å². The Kier molecular flexibility index (Phi) is 2.13. The normalized spacial score (nSPS) is 46.5. The Morgan fingerprint density at radius 3 is 2.50 bits per heavy atom. The summed E-state index contributed by atoms with van der Waals surface area (Å²) in [7, 11) is 0. The Hall–Kier alpha value is -0.0800. The van der Waals surface area contributed by atoms with Crippen LogP contribution in [0.3, 0.4) is 0 Å². The van der Waals surface area contributed by atoms with Gasteiger partial charge in [0.25, 0.3) is 0 Å². The molecule has 0 unspecified atom stereocenters. The molecular formula is C10H19NO. The topological polar surface area (TPSA) is 23.5 Å². The van der Waals surface area contributed by atoms with E-state index in [2.05, 4.69) is 11.8 Å². The molecule has 1 N–H and O–H groups in total. The van der Waals surface area contributed by atoms with Crippen LogP contribution < -0.4 is 0 Å². The number of hydrogen-bond donors (Lipinski definition) is 1. The van der Waals surface area contributed by atoms with E-state index in [0.29, 0.717) is 5.92 Å².